The van der Waals surface area contributed by atoms with E-state index in [1.807, 2.05) is 0 Å². The van der Waals surface area contributed by atoms with Crippen LogP contribution in [0.4, 0.5) is 0 Å². The fraction of sp³-hybridized carbons (Fsp3) is 0.750. The molecule has 0 aliphatic heterocycles. The molecule has 0 aliphatic carbocycles. The highest BCUT2D eigenvalue weighted by atomic mass is 31.2. The van der Waals surface area contributed by atoms with E-state index in [1.54, 1.807) is 13.8 Å². The summed E-state index contributed by atoms with van der Waals surface area (Å²) in [6.45, 7) is 4.23. The van der Waals surface area contributed by atoms with E-state index in [0.717, 1.165) is 0 Å². The summed E-state index contributed by atoms with van der Waals surface area (Å²) in [6, 6.07) is 0. The smallest absolute Gasteiger partial charge is 0.441 e. The molecule has 0 saturated carbocycles. The molecule has 92 valence electrons. The Morgan fingerprint density at radius 3 is 2.12 bits per heavy atom. The molecule has 0 aromatic heterocycles. The Morgan fingerprint density at radius 2 is 1.81 bits per heavy atom. The van der Waals surface area contributed by atoms with Crippen LogP contribution in [-0.2, 0) is 23.1 Å². The Kier molecular flexibility index (Phi) is 6.85. The summed E-state index contributed by atoms with van der Waals surface area (Å²) in [7, 11) is -3.66. The zero-order chi connectivity index (χ0) is 12.6. The van der Waals surface area contributed by atoms with Crippen molar-refractivity contribution in [3.05, 3.63) is 5.53 Å². The van der Waals surface area contributed by atoms with Gasteiger partial charge in [0.15, 0.2) is 0 Å². The molecule has 0 N–H and O–H groups in total. The molecule has 0 fully saturated rings. The normalized spacial score (nSPS) is 10.7. The molecule has 0 spiro atoms. The molecule has 0 bridgehead atoms. The van der Waals surface area contributed by atoms with Crippen molar-refractivity contribution in [3.8, 4) is 0 Å². The first-order chi connectivity index (χ1) is 7.50. The predicted molar refractivity (Wildman–Crippen MR) is 56.1 cm³/mol. The number of carbonyl (C=O) groups excluding carboxylic acids is 1. The molecule has 16 heavy (non-hydrogen) atoms. The van der Waals surface area contributed by atoms with Crippen molar-refractivity contribution in [1.82, 2.24) is 0 Å². The molecular weight excluding hydrogens is 235 g/mol. The number of nitrogens with zero attached hydrogens (tertiary/aromatic N) is 2. The maximum Gasteiger partial charge on any atom is 0.441 e. The zero-order valence-electron chi connectivity index (χ0n) is 9.50. The summed E-state index contributed by atoms with van der Waals surface area (Å²) >= 11 is 0. The molecule has 8 heteroatoms. The molecule has 0 aromatic carbocycles. The van der Waals surface area contributed by atoms with E-state index in [-0.39, 0.29) is 18.7 Å². The van der Waals surface area contributed by atoms with Crippen molar-refractivity contribution >= 4 is 19.0 Å². The molecule has 0 heterocycles. The fourth-order valence-corrected chi connectivity index (χ4v) is 2.24. The number of hydrogen-bond donors (Lipinski definition) is 0. The third-order valence-corrected chi connectivity index (χ3v) is 3.48. The average Bonchev–Trinajstić information content (AvgIpc) is 2.18. The molecule has 0 radical (unpaired) electrons. The summed E-state index contributed by atoms with van der Waals surface area (Å²) in [5.41, 5.74) is 8.36. The van der Waals surface area contributed by atoms with Gasteiger partial charge in [-0.1, -0.05) is 0 Å². The van der Waals surface area contributed by atoms with E-state index < -0.39 is 20.2 Å². The minimum absolute atomic E-state index is 0.121. The van der Waals surface area contributed by atoms with Gasteiger partial charge in [0.25, 0.3) is 0 Å². The Bertz CT molecular complexity index is 327. The summed E-state index contributed by atoms with van der Waals surface area (Å²) in [5, 5.41) is 0. The van der Waals surface area contributed by atoms with Crippen LogP contribution in [0.1, 0.15) is 20.8 Å². The quantitative estimate of drug-likeness (QED) is 0.224. The number of hydrogen-bond acceptors (Lipinski definition) is 5. The average molecular weight is 250 g/mol. The van der Waals surface area contributed by atoms with E-state index in [4.69, 9.17) is 14.6 Å². The number of rotatable bonds is 7. The summed E-state index contributed by atoms with van der Waals surface area (Å²) < 4.78 is 26.4. The van der Waals surface area contributed by atoms with Gasteiger partial charge in [0.2, 0.25) is 6.61 Å². The van der Waals surface area contributed by atoms with Gasteiger partial charge in [-0.25, -0.2) is 4.57 Å². The van der Waals surface area contributed by atoms with Crippen LogP contribution in [-0.4, -0.2) is 36.0 Å². The van der Waals surface area contributed by atoms with Gasteiger partial charge in [-0.2, -0.15) is 4.79 Å². The Morgan fingerprint density at radius 1 is 1.31 bits per heavy atom. The van der Waals surface area contributed by atoms with Gasteiger partial charge in [-0.05, 0) is 13.8 Å². The molecule has 0 saturated heterocycles. The Balaban J connectivity index is 4.80. The van der Waals surface area contributed by atoms with Crippen molar-refractivity contribution in [1.29, 1.82) is 0 Å². The number of carbonyl (C=O) groups is 1. The van der Waals surface area contributed by atoms with Gasteiger partial charge in [0.05, 0.1) is 13.2 Å². The van der Waals surface area contributed by atoms with E-state index in [1.165, 1.54) is 6.92 Å². The van der Waals surface area contributed by atoms with Crippen LogP contribution >= 0.6 is 7.60 Å². The lowest BCUT2D eigenvalue weighted by atomic mass is 10.7. The molecular formula is C8H15N2O5P. The lowest BCUT2D eigenvalue weighted by molar-refractivity contribution is -0.140. The maximum atomic E-state index is 12.0. The zero-order valence-corrected chi connectivity index (χ0v) is 10.4. The lowest BCUT2D eigenvalue weighted by Crippen LogP contribution is -2.16. The molecule has 0 atom stereocenters. The lowest BCUT2D eigenvalue weighted by Gasteiger charge is -2.12. The molecule has 0 rings (SSSR count). The monoisotopic (exact) mass is 250 g/mol. The van der Waals surface area contributed by atoms with Crippen LogP contribution in [0, 0.1) is 0 Å². The largest absolute Gasteiger partial charge is 0.453 e. The molecule has 0 aliphatic rings. The van der Waals surface area contributed by atoms with Crippen molar-refractivity contribution < 1.29 is 27.9 Å². The minimum atomic E-state index is -3.66. The number of esters is 1. The van der Waals surface area contributed by atoms with Gasteiger partial charge in [-0.3, -0.25) is 4.79 Å². The van der Waals surface area contributed by atoms with Gasteiger partial charge in [0.1, 0.15) is 0 Å². The van der Waals surface area contributed by atoms with Gasteiger partial charge in [0, 0.05) is 6.92 Å². The minimum Gasteiger partial charge on any atom is -0.453 e. The van der Waals surface area contributed by atoms with Crippen LogP contribution in [0.25, 0.3) is 5.53 Å². The number of ether oxygens (including phenoxy) is 1. The van der Waals surface area contributed by atoms with Crippen LogP contribution in [0.15, 0.2) is 0 Å². The van der Waals surface area contributed by atoms with Crippen molar-refractivity contribution in [3.63, 3.8) is 0 Å². The van der Waals surface area contributed by atoms with Gasteiger partial charge >= 0.3 is 19.0 Å². The van der Waals surface area contributed by atoms with Crippen LogP contribution in [0.2, 0.25) is 0 Å². The molecule has 7 nitrogen and oxygen atoms in total. The van der Waals surface area contributed by atoms with Crippen LogP contribution in [0.5, 0.6) is 0 Å². The standard InChI is InChI=1S/C8H15N2O5P/c1-4-14-16(12,15-5-2)8(10-9)6-13-7(3)11/h4-6H2,1-3H3. The van der Waals surface area contributed by atoms with E-state index in [9.17, 15) is 9.36 Å². The van der Waals surface area contributed by atoms with Crippen LogP contribution < -0.4 is 0 Å². The topological polar surface area (TPSA) is 98.2 Å². The first kappa shape index (κ1) is 15.0. The van der Waals surface area contributed by atoms with E-state index >= 15 is 0 Å². The van der Waals surface area contributed by atoms with Gasteiger partial charge in [-0.15, -0.1) is 0 Å². The summed E-state index contributed by atoms with van der Waals surface area (Å²) in [5.74, 6) is -0.583. The maximum absolute atomic E-state index is 12.0. The highest BCUT2D eigenvalue weighted by molar-refractivity contribution is 7.72. The van der Waals surface area contributed by atoms with Crippen molar-refractivity contribution in [2.75, 3.05) is 19.8 Å². The van der Waals surface area contributed by atoms with E-state index in [2.05, 4.69) is 9.53 Å². The molecule has 0 aromatic rings. The van der Waals surface area contributed by atoms with Crippen LogP contribution in [0.3, 0.4) is 0 Å². The summed E-state index contributed by atoms with van der Waals surface area (Å²) in [4.78, 5) is 13.4. The fourth-order valence-electron chi connectivity index (χ4n) is 0.855. The Labute approximate surface area is 93.8 Å². The second-order valence-corrected chi connectivity index (χ2v) is 4.66. The highest BCUT2D eigenvalue weighted by Crippen LogP contribution is 2.48. The Hall–Kier alpha value is -1.00. The summed E-state index contributed by atoms with van der Waals surface area (Å²) in [6.07, 6.45) is 0. The molecule has 0 amide bonds. The first-order valence-electron chi connectivity index (χ1n) is 4.74. The SMILES string of the molecule is CCOP(=O)(OCC)C(COC(C)=O)=[N+]=[N-]. The molecule has 0 unspecified atom stereocenters. The van der Waals surface area contributed by atoms with Crippen molar-refractivity contribution in [2.45, 2.75) is 20.8 Å². The first-order valence-corrected chi connectivity index (χ1v) is 6.28. The van der Waals surface area contributed by atoms with Crippen molar-refractivity contribution in [2.24, 2.45) is 0 Å². The third-order valence-electron chi connectivity index (χ3n) is 1.43. The second-order valence-electron chi connectivity index (χ2n) is 2.63. The van der Waals surface area contributed by atoms with E-state index in [0.29, 0.717) is 0 Å². The highest BCUT2D eigenvalue weighted by Gasteiger charge is 2.40. The predicted octanol–water partition coefficient (Wildman–Crippen LogP) is 1.44. The second kappa shape index (κ2) is 7.30. The van der Waals surface area contributed by atoms with Gasteiger partial charge < -0.3 is 19.3 Å². The third kappa shape index (κ3) is 4.68.